The van der Waals surface area contributed by atoms with Crippen LogP contribution in [0.3, 0.4) is 0 Å². The molecule has 0 radical (unpaired) electrons. The first-order chi connectivity index (χ1) is 22.4. The van der Waals surface area contributed by atoms with E-state index in [1.165, 1.54) is 7.11 Å². The van der Waals surface area contributed by atoms with Crippen molar-refractivity contribution in [1.82, 2.24) is 10.6 Å². The number of amides is 1. The van der Waals surface area contributed by atoms with Gasteiger partial charge in [0.15, 0.2) is 5.78 Å². The molecule has 7 nitrogen and oxygen atoms in total. The van der Waals surface area contributed by atoms with Crippen LogP contribution < -0.4 is 10.6 Å². The van der Waals surface area contributed by atoms with Gasteiger partial charge in [0.05, 0.1) is 35.9 Å². The van der Waals surface area contributed by atoms with Gasteiger partial charge in [0, 0.05) is 35.3 Å². The summed E-state index contributed by atoms with van der Waals surface area (Å²) >= 11 is 5.98. The highest BCUT2D eigenvalue weighted by Crippen LogP contribution is 2.30. The molecule has 4 atom stereocenters. The summed E-state index contributed by atoms with van der Waals surface area (Å²) in [4.78, 5) is 27.4. The van der Waals surface area contributed by atoms with Crippen LogP contribution in [0.2, 0.25) is 5.02 Å². The molecule has 4 aromatic carbocycles. The molecule has 240 valence electrons. The summed E-state index contributed by atoms with van der Waals surface area (Å²) in [5, 5.41) is 6.89. The second-order valence-corrected chi connectivity index (χ2v) is 13.3. The number of alkyl carbamates (subject to hydrolysis) is 1. The second kappa shape index (κ2) is 16.7. The number of benzene rings is 4. The van der Waals surface area contributed by atoms with Gasteiger partial charge >= 0.3 is 6.09 Å². The zero-order chi connectivity index (χ0) is 32.3. The molecule has 0 aliphatic carbocycles. The number of methoxy groups -OCH3 is 1. The maximum absolute atomic E-state index is 14.2. The monoisotopic (exact) mass is 658 g/mol. The van der Waals surface area contributed by atoms with Crippen molar-refractivity contribution < 1.29 is 23.3 Å². The Morgan fingerprint density at radius 1 is 0.870 bits per heavy atom. The summed E-state index contributed by atoms with van der Waals surface area (Å²) in [6.07, 6.45) is 0.704. The Morgan fingerprint density at radius 3 is 2.09 bits per heavy atom. The quantitative estimate of drug-likeness (QED) is 0.180. The number of aryl methyl sites for hydroxylation is 1. The predicted molar refractivity (Wildman–Crippen MR) is 182 cm³/mol. The van der Waals surface area contributed by atoms with E-state index in [0.717, 1.165) is 33.6 Å². The second-order valence-electron chi connectivity index (χ2n) is 11.4. The van der Waals surface area contributed by atoms with Crippen LogP contribution in [0.1, 0.15) is 34.6 Å². The van der Waals surface area contributed by atoms with E-state index in [1.54, 1.807) is 24.3 Å². The normalized spacial score (nSPS) is 17.6. The van der Waals surface area contributed by atoms with Gasteiger partial charge in [-0.2, -0.15) is 0 Å². The average molecular weight is 659 g/mol. The summed E-state index contributed by atoms with van der Waals surface area (Å²) < 4.78 is 24.2. The molecular formula is C37H39ClN2O5S. The standard InChI is InChI=1S/C37H39ClN2O5S/c1-44-37(42)40-36(35(27-11-4-2-5-12-27)28-13-6-3-7-14-28)34(41)22-29-15-9-8-10-26(29)16-19-31-23-39-24-32(45-31)25-46(43)33-20-17-30(38)18-21-33/h2-15,17-18,20-21,31-32,35-36,39H,16,19,22-25H2,1H3,(H,40,42)/t31-,32+,36-,46?/m1/s1. The number of ether oxygens (including phenoxy) is 2. The van der Waals surface area contributed by atoms with Gasteiger partial charge in [0.2, 0.25) is 0 Å². The van der Waals surface area contributed by atoms with Crippen molar-refractivity contribution in [2.75, 3.05) is 26.0 Å². The molecule has 0 spiro atoms. The third-order valence-electron chi connectivity index (χ3n) is 8.22. The molecule has 4 aromatic rings. The van der Waals surface area contributed by atoms with Crippen molar-refractivity contribution in [2.45, 2.75) is 48.3 Å². The minimum absolute atomic E-state index is 0.0565. The topological polar surface area (TPSA) is 93.7 Å². The fourth-order valence-corrected chi connectivity index (χ4v) is 7.21. The molecule has 0 aromatic heterocycles. The Morgan fingerprint density at radius 2 is 1.46 bits per heavy atom. The molecule has 5 rings (SSSR count). The predicted octanol–water partition coefficient (Wildman–Crippen LogP) is 6.11. The molecule has 46 heavy (non-hydrogen) atoms. The van der Waals surface area contributed by atoms with Crippen LogP contribution in [0.15, 0.2) is 114 Å². The van der Waals surface area contributed by atoms with Crippen molar-refractivity contribution in [3.63, 3.8) is 0 Å². The lowest BCUT2D eigenvalue weighted by molar-refractivity contribution is -0.120. The summed E-state index contributed by atoms with van der Waals surface area (Å²) in [5.74, 6) is -0.122. The molecule has 1 aliphatic rings. The van der Waals surface area contributed by atoms with Crippen LogP contribution in [0.5, 0.6) is 0 Å². The van der Waals surface area contributed by atoms with Gasteiger partial charge in [0.25, 0.3) is 0 Å². The number of halogens is 1. The molecule has 1 unspecified atom stereocenters. The fraction of sp³-hybridized carbons (Fsp3) is 0.297. The number of carbonyl (C=O) groups excluding carboxylic acids is 2. The summed E-state index contributed by atoms with van der Waals surface area (Å²) in [5.41, 5.74) is 3.81. The first-order valence-corrected chi connectivity index (χ1v) is 17.1. The molecule has 2 N–H and O–H groups in total. The number of rotatable bonds is 13. The van der Waals surface area contributed by atoms with E-state index in [2.05, 4.69) is 10.6 Å². The molecule has 1 amide bonds. The van der Waals surface area contributed by atoms with Crippen LogP contribution in [0, 0.1) is 0 Å². The summed E-state index contributed by atoms with van der Waals surface area (Å²) in [6, 6.07) is 33.6. The van der Waals surface area contributed by atoms with Gasteiger partial charge in [-0.25, -0.2) is 4.79 Å². The molecule has 1 fully saturated rings. The lowest BCUT2D eigenvalue weighted by atomic mass is 9.81. The Hall–Kier alpha value is -3.82. The largest absolute Gasteiger partial charge is 0.453 e. The van der Waals surface area contributed by atoms with Crippen LogP contribution in [-0.2, 0) is 37.9 Å². The molecule has 1 saturated heterocycles. The third-order valence-corrected chi connectivity index (χ3v) is 9.94. The summed E-state index contributed by atoms with van der Waals surface area (Å²) in [7, 11) is 0.104. The van der Waals surface area contributed by atoms with Crippen molar-refractivity contribution in [3.05, 3.63) is 136 Å². The lowest BCUT2D eigenvalue weighted by Crippen LogP contribution is -2.47. The minimum atomic E-state index is -1.20. The van der Waals surface area contributed by atoms with Gasteiger partial charge in [-0.05, 0) is 59.4 Å². The van der Waals surface area contributed by atoms with Crippen LogP contribution >= 0.6 is 11.6 Å². The zero-order valence-corrected chi connectivity index (χ0v) is 27.3. The van der Waals surface area contributed by atoms with E-state index in [1.807, 2.05) is 84.9 Å². The van der Waals surface area contributed by atoms with Gasteiger partial charge in [0.1, 0.15) is 6.04 Å². The molecule has 1 aliphatic heterocycles. The van der Waals surface area contributed by atoms with Crippen LogP contribution in [-0.4, -0.2) is 60.3 Å². The van der Waals surface area contributed by atoms with E-state index >= 15 is 0 Å². The number of carbonyl (C=O) groups is 2. The van der Waals surface area contributed by atoms with E-state index in [-0.39, 0.29) is 24.4 Å². The molecular weight excluding hydrogens is 620 g/mol. The van der Waals surface area contributed by atoms with E-state index in [0.29, 0.717) is 30.3 Å². The molecule has 0 saturated carbocycles. The smallest absolute Gasteiger partial charge is 0.407 e. The fourth-order valence-electron chi connectivity index (χ4n) is 5.92. The highest BCUT2D eigenvalue weighted by molar-refractivity contribution is 7.85. The highest BCUT2D eigenvalue weighted by atomic mass is 35.5. The Kier molecular flexibility index (Phi) is 12.1. The van der Waals surface area contributed by atoms with Crippen molar-refractivity contribution in [1.29, 1.82) is 0 Å². The van der Waals surface area contributed by atoms with Gasteiger partial charge in [-0.1, -0.05) is 96.5 Å². The van der Waals surface area contributed by atoms with Gasteiger partial charge < -0.3 is 20.1 Å². The average Bonchev–Trinajstić information content (AvgIpc) is 3.09. The number of hydrogen-bond donors (Lipinski definition) is 2. The Labute approximate surface area is 278 Å². The Bertz CT molecular complexity index is 1560. The number of Topliss-reactive ketones (excluding diaryl/α,β-unsaturated/α-hetero) is 1. The number of nitrogens with one attached hydrogen (secondary N) is 2. The first kappa shape index (κ1) is 33.5. The van der Waals surface area contributed by atoms with Gasteiger partial charge in [-0.3, -0.25) is 9.00 Å². The molecule has 0 bridgehead atoms. The van der Waals surface area contributed by atoms with E-state index < -0.39 is 28.9 Å². The first-order valence-electron chi connectivity index (χ1n) is 15.4. The number of morpholine rings is 1. The maximum atomic E-state index is 14.2. The van der Waals surface area contributed by atoms with Gasteiger partial charge in [-0.15, -0.1) is 0 Å². The SMILES string of the molecule is COC(=O)N[C@H](C(=O)Cc1ccccc1CC[C@@H]1CNC[C@@H](CS(=O)c2ccc(Cl)cc2)O1)C(c1ccccc1)c1ccccc1. The Balaban J connectivity index is 1.28. The molecule has 1 heterocycles. The molecule has 9 heteroatoms. The third kappa shape index (κ3) is 9.13. The van der Waals surface area contributed by atoms with Crippen molar-refractivity contribution in [2.24, 2.45) is 0 Å². The lowest BCUT2D eigenvalue weighted by Gasteiger charge is -2.31. The summed E-state index contributed by atoms with van der Waals surface area (Å²) in [6.45, 7) is 1.34. The number of ketones is 1. The maximum Gasteiger partial charge on any atom is 0.407 e. The van der Waals surface area contributed by atoms with Crippen LogP contribution in [0.4, 0.5) is 4.79 Å². The van der Waals surface area contributed by atoms with Crippen LogP contribution in [0.25, 0.3) is 0 Å². The zero-order valence-electron chi connectivity index (χ0n) is 25.8. The number of hydrogen-bond acceptors (Lipinski definition) is 6. The van der Waals surface area contributed by atoms with E-state index in [4.69, 9.17) is 21.1 Å². The highest BCUT2D eigenvalue weighted by Gasteiger charge is 2.33. The van der Waals surface area contributed by atoms with Crippen molar-refractivity contribution in [3.8, 4) is 0 Å². The van der Waals surface area contributed by atoms with Crippen molar-refractivity contribution >= 4 is 34.3 Å². The minimum Gasteiger partial charge on any atom is -0.453 e. The van der Waals surface area contributed by atoms with E-state index in [9.17, 15) is 13.8 Å².